The third-order valence-electron chi connectivity index (χ3n) is 3.33. The highest BCUT2D eigenvalue weighted by molar-refractivity contribution is 7.89. The first kappa shape index (κ1) is 17.7. The molecule has 8 heteroatoms. The number of hydrogen-bond acceptors (Lipinski definition) is 3. The van der Waals surface area contributed by atoms with Crippen molar-refractivity contribution in [2.75, 3.05) is 6.54 Å². The Bertz CT molecular complexity index is 558. The Labute approximate surface area is 128 Å². The van der Waals surface area contributed by atoms with Crippen molar-refractivity contribution in [3.05, 3.63) is 28.0 Å². The summed E-state index contributed by atoms with van der Waals surface area (Å²) in [4.78, 5) is -0.332. The van der Waals surface area contributed by atoms with Gasteiger partial charge in [-0.05, 0) is 25.0 Å². The number of benzene rings is 1. The summed E-state index contributed by atoms with van der Waals surface area (Å²) in [5, 5.41) is -0.527. The zero-order chi connectivity index (χ0) is 15.6. The van der Waals surface area contributed by atoms with Crippen LogP contribution in [0.4, 0.5) is 4.39 Å². The van der Waals surface area contributed by atoms with Gasteiger partial charge in [0, 0.05) is 12.1 Å². The summed E-state index contributed by atoms with van der Waals surface area (Å²) in [5.74, 6) is -0.699. The first-order valence-electron chi connectivity index (χ1n) is 6.10. The summed E-state index contributed by atoms with van der Waals surface area (Å²) in [5.41, 5.74) is 4.88. The molecule has 1 rings (SSSR count). The number of rotatable bonds is 6. The Morgan fingerprint density at radius 3 is 2.05 bits per heavy atom. The molecule has 3 N–H and O–H groups in total. The monoisotopic (exact) mass is 342 g/mol. The van der Waals surface area contributed by atoms with E-state index in [4.69, 9.17) is 28.9 Å². The van der Waals surface area contributed by atoms with Gasteiger partial charge >= 0.3 is 0 Å². The fraction of sp³-hybridized carbons (Fsp3) is 0.500. The molecule has 0 fully saturated rings. The molecular formula is C12H17Cl2FN2O2S. The van der Waals surface area contributed by atoms with Gasteiger partial charge in [-0.15, -0.1) is 0 Å². The smallest absolute Gasteiger partial charge is 0.244 e. The van der Waals surface area contributed by atoms with E-state index in [1.807, 2.05) is 13.8 Å². The maximum Gasteiger partial charge on any atom is 0.244 e. The van der Waals surface area contributed by atoms with E-state index in [-0.39, 0.29) is 21.5 Å². The van der Waals surface area contributed by atoms with Gasteiger partial charge in [0.2, 0.25) is 10.0 Å². The Kier molecular flexibility index (Phi) is 5.80. The van der Waals surface area contributed by atoms with Crippen LogP contribution in [0.2, 0.25) is 10.0 Å². The van der Waals surface area contributed by atoms with Gasteiger partial charge in [0.25, 0.3) is 0 Å². The minimum absolute atomic E-state index is 0.135. The van der Waals surface area contributed by atoms with E-state index < -0.39 is 21.4 Å². The van der Waals surface area contributed by atoms with Crippen molar-refractivity contribution in [2.45, 2.75) is 37.1 Å². The average molecular weight is 343 g/mol. The van der Waals surface area contributed by atoms with Crippen LogP contribution < -0.4 is 10.5 Å². The molecule has 0 aliphatic heterocycles. The van der Waals surface area contributed by atoms with E-state index in [1.165, 1.54) is 0 Å². The summed E-state index contributed by atoms with van der Waals surface area (Å²) in [7, 11) is -3.99. The minimum Gasteiger partial charge on any atom is -0.329 e. The molecule has 0 aliphatic rings. The maximum atomic E-state index is 13.1. The van der Waals surface area contributed by atoms with Crippen LogP contribution in [-0.4, -0.2) is 20.5 Å². The summed E-state index contributed by atoms with van der Waals surface area (Å²) in [6, 6.07) is 1.81. The number of sulfonamides is 1. The van der Waals surface area contributed by atoms with Gasteiger partial charge in [-0.2, -0.15) is 0 Å². The topological polar surface area (TPSA) is 72.2 Å². The minimum atomic E-state index is -3.99. The van der Waals surface area contributed by atoms with Crippen LogP contribution in [0.5, 0.6) is 0 Å². The fourth-order valence-corrected chi connectivity index (χ4v) is 4.59. The van der Waals surface area contributed by atoms with Gasteiger partial charge in [0.05, 0.1) is 10.0 Å². The van der Waals surface area contributed by atoms with Crippen molar-refractivity contribution in [3.63, 3.8) is 0 Å². The summed E-state index contributed by atoms with van der Waals surface area (Å²) in [6.07, 6.45) is 1.02. The van der Waals surface area contributed by atoms with E-state index in [9.17, 15) is 12.8 Å². The molecule has 0 aliphatic carbocycles. The highest BCUT2D eigenvalue weighted by Gasteiger charge is 2.33. The second-order valence-electron chi connectivity index (χ2n) is 4.50. The lowest BCUT2D eigenvalue weighted by Gasteiger charge is -2.31. The SMILES string of the molecule is CCC(CC)(CN)NS(=O)(=O)c1c(Cl)cc(F)cc1Cl. The van der Waals surface area contributed by atoms with Crippen molar-refractivity contribution in [3.8, 4) is 0 Å². The van der Waals surface area contributed by atoms with E-state index in [1.54, 1.807) is 0 Å². The Hall–Kier alpha value is -0.400. The first-order valence-corrected chi connectivity index (χ1v) is 8.34. The second kappa shape index (κ2) is 6.58. The van der Waals surface area contributed by atoms with Gasteiger partial charge in [-0.3, -0.25) is 0 Å². The number of nitrogens with one attached hydrogen (secondary N) is 1. The molecule has 4 nitrogen and oxygen atoms in total. The van der Waals surface area contributed by atoms with E-state index in [0.717, 1.165) is 12.1 Å². The predicted octanol–water partition coefficient (Wildman–Crippen LogP) is 2.93. The average Bonchev–Trinajstić information content (AvgIpc) is 2.34. The highest BCUT2D eigenvalue weighted by Crippen LogP contribution is 2.31. The predicted molar refractivity (Wildman–Crippen MR) is 79.1 cm³/mol. The number of halogens is 3. The van der Waals surface area contributed by atoms with Crippen LogP contribution in [0.15, 0.2) is 17.0 Å². The molecule has 0 radical (unpaired) electrons. The molecule has 1 aromatic rings. The number of hydrogen-bond donors (Lipinski definition) is 2. The molecule has 114 valence electrons. The van der Waals surface area contributed by atoms with Crippen molar-refractivity contribution < 1.29 is 12.8 Å². The standard InChI is InChI=1S/C12H17Cl2FN2O2S/c1-3-12(4-2,7-16)17-20(18,19)11-9(13)5-8(15)6-10(11)14/h5-6,17H,3-4,7,16H2,1-2H3. The lowest BCUT2D eigenvalue weighted by atomic mass is 9.95. The van der Waals surface area contributed by atoms with Crippen molar-refractivity contribution in [1.82, 2.24) is 4.72 Å². The van der Waals surface area contributed by atoms with Gasteiger partial charge in [-0.1, -0.05) is 37.0 Å². The van der Waals surface area contributed by atoms with Crippen LogP contribution in [0, 0.1) is 5.82 Å². The zero-order valence-electron chi connectivity index (χ0n) is 11.2. The molecule has 0 aromatic heterocycles. The van der Waals surface area contributed by atoms with Crippen LogP contribution >= 0.6 is 23.2 Å². The molecule has 0 atom stereocenters. The third-order valence-corrected chi connectivity index (χ3v) is 5.83. The zero-order valence-corrected chi connectivity index (χ0v) is 13.5. The van der Waals surface area contributed by atoms with Crippen LogP contribution in [-0.2, 0) is 10.0 Å². The lowest BCUT2D eigenvalue weighted by Crippen LogP contribution is -2.52. The van der Waals surface area contributed by atoms with Gasteiger partial charge in [-0.25, -0.2) is 17.5 Å². The molecule has 0 spiro atoms. The first-order chi connectivity index (χ1) is 9.21. The Balaban J connectivity index is 3.32. The van der Waals surface area contributed by atoms with Crippen LogP contribution in [0.1, 0.15) is 26.7 Å². The van der Waals surface area contributed by atoms with Crippen LogP contribution in [0.3, 0.4) is 0 Å². The molecular weight excluding hydrogens is 326 g/mol. The third kappa shape index (κ3) is 3.62. The maximum absolute atomic E-state index is 13.1. The highest BCUT2D eigenvalue weighted by atomic mass is 35.5. The quantitative estimate of drug-likeness (QED) is 0.834. The van der Waals surface area contributed by atoms with Crippen molar-refractivity contribution >= 4 is 33.2 Å². The Morgan fingerprint density at radius 1 is 1.25 bits per heavy atom. The van der Waals surface area contributed by atoms with E-state index in [2.05, 4.69) is 4.72 Å². The largest absolute Gasteiger partial charge is 0.329 e. The van der Waals surface area contributed by atoms with E-state index >= 15 is 0 Å². The summed E-state index contributed by atoms with van der Waals surface area (Å²) >= 11 is 11.6. The van der Waals surface area contributed by atoms with Gasteiger partial charge in [0.15, 0.2) is 0 Å². The fourth-order valence-electron chi connectivity index (χ4n) is 1.85. The molecule has 0 saturated heterocycles. The Morgan fingerprint density at radius 2 is 1.70 bits per heavy atom. The van der Waals surface area contributed by atoms with Crippen molar-refractivity contribution in [1.29, 1.82) is 0 Å². The van der Waals surface area contributed by atoms with Crippen molar-refractivity contribution in [2.24, 2.45) is 5.73 Å². The number of nitrogens with two attached hydrogens (primary N) is 1. The molecule has 0 bridgehead atoms. The lowest BCUT2D eigenvalue weighted by molar-refractivity contribution is 0.363. The van der Waals surface area contributed by atoms with Gasteiger partial charge in [0.1, 0.15) is 10.7 Å². The molecule has 1 aromatic carbocycles. The van der Waals surface area contributed by atoms with Gasteiger partial charge < -0.3 is 5.73 Å². The van der Waals surface area contributed by atoms with E-state index in [0.29, 0.717) is 12.8 Å². The molecule has 0 saturated carbocycles. The molecule has 0 amide bonds. The molecule has 0 unspecified atom stereocenters. The summed E-state index contributed by atoms with van der Waals surface area (Å²) < 4.78 is 40.5. The van der Waals surface area contributed by atoms with Crippen LogP contribution in [0.25, 0.3) is 0 Å². The molecule has 20 heavy (non-hydrogen) atoms. The summed E-state index contributed by atoms with van der Waals surface area (Å²) in [6.45, 7) is 3.79. The normalized spacial score (nSPS) is 12.7. The second-order valence-corrected chi connectivity index (χ2v) is 6.93. The molecule has 0 heterocycles.